The second kappa shape index (κ2) is 11.0. The minimum atomic E-state index is -1.16. The predicted octanol–water partition coefficient (Wildman–Crippen LogP) is 1.69. The molecule has 0 spiro atoms. The van der Waals surface area contributed by atoms with Crippen molar-refractivity contribution in [1.82, 2.24) is 4.98 Å². The van der Waals surface area contributed by atoms with Crippen molar-refractivity contribution >= 4 is 33.5 Å². The number of benzene rings is 2. The fourth-order valence-electron chi connectivity index (χ4n) is 2.30. The molecule has 0 radical (unpaired) electrons. The van der Waals surface area contributed by atoms with Gasteiger partial charge in [0.1, 0.15) is 0 Å². The molecule has 0 aliphatic carbocycles. The molecule has 0 saturated carbocycles. The quantitative estimate of drug-likeness (QED) is 0.627. The van der Waals surface area contributed by atoms with Crippen molar-refractivity contribution in [2.45, 2.75) is 12.5 Å². The molecule has 3 rings (SSSR count). The molecule has 0 aliphatic rings. The number of nitrogens with zero attached hydrogens (tertiary/aromatic N) is 1. The van der Waals surface area contributed by atoms with Crippen molar-refractivity contribution < 1.29 is 20.4 Å². The van der Waals surface area contributed by atoms with E-state index in [1.165, 1.54) is 6.07 Å². The van der Waals surface area contributed by atoms with E-state index in [-0.39, 0.29) is 17.5 Å². The van der Waals surface area contributed by atoms with E-state index < -0.39 is 5.97 Å². The SMILES string of the molecule is O=C([O-])c1ccccc1Br.[NH3+][C@@H](Cc1ccccc1)C(=O)Nc1cccnc1. The first kappa shape index (κ1) is 21.3. The summed E-state index contributed by atoms with van der Waals surface area (Å²) < 4.78 is 0.551. The predicted molar refractivity (Wildman–Crippen MR) is 108 cm³/mol. The molecule has 3 aromatic rings. The zero-order chi connectivity index (χ0) is 20.4. The molecule has 4 N–H and O–H groups in total. The Morgan fingerprint density at radius 3 is 2.29 bits per heavy atom. The van der Waals surface area contributed by atoms with E-state index in [2.05, 4.69) is 32.0 Å². The highest BCUT2D eigenvalue weighted by atomic mass is 79.9. The summed E-state index contributed by atoms with van der Waals surface area (Å²) in [6.45, 7) is 0. The van der Waals surface area contributed by atoms with Gasteiger partial charge in [0.25, 0.3) is 5.91 Å². The number of aromatic carboxylic acids is 1. The summed E-state index contributed by atoms with van der Waals surface area (Å²) in [5.41, 5.74) is 5.89. The normalized spacial score (nSPS) is 10.9. The van der Waals surface area contributed by atoms with Gasteiger partial charge in [-0.3, -0.25) is 9.78 Å². The van der Waals surface area contributed by atoms with Gasteiger partial charge in [0.05, 0.1) is 17.9 Å². The number of pyridine rings is 1. The molecule has 1 aromatic heterocycles. The number of carbonyl (C=O) groups excluding carboxylic acids is 2. The van der Waals surface area contributed by atoms with Crippen molar-refractivity contribution in [1.29, 1.82) is 0 Å². The Morgan fingerprint density at radius 2 is 1.71 bits per heavy atom. The van der Waals surface area contributed by atoms with E-state index in [0.717, 1.165) is 5.56 Å². The van der Waals surface area contributed by atoms with Crippen LogP contribution in [-0.2, 0) is 11.2 Å². The summed E-state index contributed by atoms with van der Waals surface area (Å²) in [6.07, 6.45) is 3.92. The molecular formula is C21H20BrN3O3. The van der Waals surface area contributed by atoms with Gasteiger partial charge in [0.2, 0.25) is 0 Å². The van der Waals surface area contributed by atoms with Crippen LogP contribution in [0.25, 0.3) is 0 Å². The molecule has 28 heavy (non-hydrogen) atoms. The summed E-state index contributed by atoms with van der Waals surface area (Å²) in [5, 5.41) is 13.1. The topological polar surface area (TPSA) is 110 Å². The molecule has 1 atom stereocenters. The summed E-state index contributed by atoms with van der Waals surface area (Å²) in [5.74, 6) is -1.25. The Balaban J connectivity index is 0.000000237. The lowest BCUT2D eigenvalue weighted by Crippen LogP contribution is -2.67. The van der Waals surface area contributed by atoms with Crippen molar-refractivity contribution in [2.24, 2.45) is 0 Å². The van der Waals surface area contributed by atoms with Crippen LogP contribution >= 0.6 is 15.9 Å². The lowest BCUT2D eigenvalue weighted by molar-refractivity contribution is -0.402. The van der Waals surface area contributed by atoms with E-state index in [1.807, 2.05) is 30.3 Å². The number of carbonyl (C=O) groups is 2. The van der Waals surface area contributed by atoms with Crippen LogP contribution in [-0.4, -0.2) is 22.9 Å². The molecular weight excluding hydrogens is 422 g/mol. The summed E-state index contributed by atoms with van der Waals surface area (Å²) in [6, 6.07) is 19.7. The number of nitrogens with one attached hydrogen (secondary N) is 1. The molecule has 0 aliphatic heterocycles. The molecule has 144 valence electrons. The van der Waals surface area contributed by atoms with E-state index >= 15 is 0 Å². The van der Waals surface area contributed by atoms with E-state index in [9.17, 15) is 14.7 Å². The monoisotopic (exact) mass is 441 g/mol. The maximum atomic E-state index is 11.9. The Morgan fingerprint density at radius 1 is 1.04 bits per heavy atom. The molecule has 1 amide bonds. The Hall–Kier alpha value is -3.03. The van der Waals surface area contributed by atoms with Crippen LogP contribution in [0.5, 0.6) is 0 Å². The molecule has 0 saturated heterocycles. The number of quaternary nitrogens is 1. The maximum Gasteiger partial charge on any atom is 0.282 e. The number of hydrogen-bond acceptors (Lipinski definition) is 4. The molecule has 0 unspecified atom stereocenters. The highest BCUT2D eigenvalue weighted by Crippen LogP contribution is 2.14. The standard InChI is InChI=1S/C14H15N3O.C7H5BrO2/c15-13(9-11-5-2-1-3-6-11)14(18)17-12-7-4-8-16-10-12;8-6-4-2-1-3-5(6)7(9)10/h1-8,10,13H,9,15H2,(H,17,18);1-4H,(H,9,10)/t13-;/m0./s1. The first-order chi connectivity index (χ1) is 13.5. The van der Waals surface area contributed by atoms with Crippen molar-refractivity contribution in [3.8, 4) is 0 Å². The molecule has 0 bridgehead atoms. The lowest BCUT2D eigenvalue weighted by Gasteiger charge is -2.09. The van der Waals surface area contributed by atoms with Gasteiger partial charge in [0, 0.05) is 22.7 Å². The van der Waals surface area contributed by atoms with Crippen LogP contribution in [0.4, 0.5) is 5.69 Å². The summed E-state index contributed by atoms with van der Waals surface area (Å²) >= 11 is 3.08. The fourth-order valence-corrected chi connectivity index (χ4v) is 2.75. The second-order valence-electron chi connectivity index (χ2n) is 5.88. The minimum absolute atomic E-state index is 0.0909. The molecule has 0 fully saturated rings. The third kappa shape index (κ3) is 6.94. The van der Waals surface area contributed by atoms with Crippen LogP contribution in [0, 0.1) is 0 Å². The number of amides is 1. The number of carboxylic acids is 1. The number of carboxylic acid groups (broad SMARTS) is 1. The third-order valence-corrected chi connectivity index (χ3v) is 4.41. The van der Waals surface area contributed by atoms with E-state index in [1.54, 1.807) is 42.7 Å². The van der Waals surface area contributed by atoms with E-state index in [4.69, 9.17) is 0 Å². The van der Waals surface area contributed by atoms with Crippen molar-refractivity contribution in [3.63, 3.8) is 0 Å². The first-order valence-electron chi connectivity index (χ1n) is 8.51. The molecule has 6 nitrogen and oxygen atoms in total. The van der Waals surface area contributed by atoms with Gasteiger partial charge in [-0.25, -0.2) is 0 Å². The van der Waals surface area contributed by atoms with Crippen LogP contribution < -0.4 is 16.2 Å². The van der Waals surface area contributed by atoms with Crippen LogP contribution in [0.2, 0.25) is 0 Å². The average molecular weight is 442 g/mol. The first-order valence-corrected chi connectivity index (χ1v) is 9.30. The zero-order valence-electron chi connectivity index (χ0n) is 15.0. The van der Waals surface area contributed by atoms with Crippen LogP contribution in [0.3, 0.4) is 0 Å². The highest BCUT2D eigenvalue weighted by molar-refractivity contribution is 9.10. The Bertz CT molecular complexity index is 905. The minimum Gasteiger partial charge on any atom is -0.545 e. The third-order valence-electron chi connectivity index (χ3n) is 3.72. The van der Waals surface area contributed by atoms with Crippen molar-refractivity contribution in [3.05, 3.63) is 94.7 Å². The van der Waals surface area contributed by atoms with Crippen molar-refractivity contribution in [2.75, 3.05) is 5.32 Å². The van der Waals surface area contributed by atoms with Crippen LogP contribution in [0.15, 0.2) is 83.6 Å². The molecule has 2 aromatic carbocycles. The highest BCUT2D eigenvalue weighted by Gasteiger charge is 2.17. The average Bonchev–Trinajstić information content (AvgIpc) is 2.70. The van der Waals surface area contributed by atoms with Gasteiger partial charge in [-0.15, -0.1) is 0 Å². The zero-order valence-corrected chi connectivity index (χ0v) is 16.6. The second-order valence-corrected chi connectivity index (χ2v) is 6.74. The number of halogens is 1. The van der Waals surface area contributed by atoms with Gasteiger partial charge < -0.3 is 21.0 Å². The van der Waals surface area contributed by atoms with Gasteiger partial charge in [-0.1, -0.05) is 64.5 Å². The van der Waals surface area contributed by atoms with Gasteiger partial charge in [0.15, 0.2) is 6.04 Å². The number of aromatic nitrogens is 1. The Kier molecular flexibility index (Phi) is 8.33. The van der Waals surface area contributed by atoms with Gasteiger partial charge in [-0.2, -0.15) is 0 Å². The maximum absolute atomic E-state index is 11.9. The number of hydrogen-bond donors (Lipinski definition) is 2. The smallest absolute Gasteiger partial charge is 0.282 e. The largest absolute Gasteiger partial charge is 0.545 e. The van der Waals surface area contributed by atoms with Gasteiger partial charge in [-0.05, 0) is 23.8 Å². The van der Waals surface area contributed by atoms with Gasteiger partial charge >= 0.3 is 0 Å². The fraction of sp³-hybridized carbons (Fsp3) is 0.0952. The molecule has 1 heterocycles. The number of rotatable bonds is 5. The lowest BCUT2D eigenvalue weighted by atomic mass is 10.1. The Labute approximate surface area is 171 Å². The summed E-state index contributed by atoms with van der Waals surface area (Å²) in [4.78, 5) is 26.1. The summed E-state index contributed by atoms with van der Waals surface area (Å²) in [7, 11) is 0. The number of anilines is 1. The molecule has 7 heteroatoms. The van der Waals surface area contributed by atoms with E-state index in [0.29, 0.717) is 16.6 Å². The van der Waals surface area contributed by atoms with Crippen LogP contribution in [0.1, 0.15) is 15.9 Å².